The van der Waals surface area contributed by atoms with E-state index >= 15 is 0 Å². The summed E-state index contributed by atoms with van der Waals surface area (Å²) in [6.07, 6.45) is 2.76. The van der Waals surface area contributed by atoms with Gasteiger partial charge in [-0.2, -0.15) is 13.5 Å². The van der Waals surface area contributed by atoms with Crippen LogP contribution < -0.4 is 5.73 Å². The number of aromatic nitrogens is 1. The van der Waals surface area contributed by atoms with Crippen molar-refractivity contribution >= 4 is 37.0 Å². The molecular formula is C21H29ClN2O4S. The van der Waals surface area contributed by atoms with E-state index in [0.717, 1.165) is 11.3 Å². The lowest BCUT2D eigenvalue weighted by molar-refractivity contribution is -0.140. The molecule has 0 unspecified atom stereocenters. The zero-order chi connectivity index (χ0) is 21.2. The molecule has 2 N–H and O–H groups in total. The van der Waals surface area contributed by atoms with E-state index < -0.39 is 11.6 Å². The van der Waals surface area contributed by atoms with Crippen molar-refractivity contribution in [2.24, 2.45) is 5.73 Å². The fourth-order valence-corrected chi connectivity index (χ4v) is 2.34. The van der Waals surface area contributed by atoms with Gasteiger partial charge in [0.2, 0.25) is 0 Å². The number of carbonyl (C=O) groups is 2. The molecule has 1 aromatic heterocycles. The van der Waals surface area contributed by atoms with Crippen molar-refractivity contribution in [2.45, 2.75) is 45.8 Å². The molecule has 0 spiro atoms. The number of hydrogen-bond acceptors (Lipinski definition) is 6. The van der Waals surface area contributed by atoms with Gasteiger partial charge in [-0.1, -0.05) is 23.7 Å². The predicted octanol–water partition coefficient (Wildman–Crippen LogP) is 4.05. The van der Waals surface area contributed by atoms with Gasteiger partial charge in [0.1, 0.15) is 5.60 Å². The number of ether oxygens (including phenoxy) is 2. The minimum Gasteiger partial charge on any atom is -0.469 e. The second-order valence-electron chi connectivity index (χ2n) is 6.92. The van der Waals surface area contributed by atoms with Gasteiger partial charge < -0.3 is 15.2 Å². The van der Waals surface area contributed by atoms with Gasteiger partial charge in [-0.3, -0.25) is 9.78 Å². The number of hydrogen-bond donors (Lipinski definition) is 1. The summed E-state index contributed by atoms with van der Waals surface area (Å²) < 4.78 is 9.73. The average Bonchev–Trinajstić information content (AvgIpc) is 2.65. The van der Waals surface area contributed by atoms with Gasteiger partial charge in [0.05, 0.1) is 24.1 Å². The zero-order valence-corrected chi connectivity index (χ0v) is 19.0. The van der Waals surface area contributed by atoms with E-state index in [2.05, 4.69) is 9.72 Å². The number of halogens is 1. The minimum absolute atomic E-state index is 0. The molecule has 0 saturated carbocycles. The van der Waals surface area contributed by atoms with Gasteiger partial charge in [-0.15, -0.1) is 0 Å². The third kappa shape index (κ3) is 10.9. The standard InChI is InChI=1S/C12H16ClNO2.C9H11NO2.H2S/c1-12(2,3)16-11(15)9-5-4-8(7-14)6-10(9)13;1-12-9(11)6-5-8-4-2-3-7-10-8;/h4-6H,7,14H2,1-3H3;2-4,7H,5-6H2,1H3;1H2. The van der Waals surface area contributed by atoms with Crippen molar-refractivity contribution in [1.29, 1.82) is 0 Å². The molecule has 2 aromatic rings. The summed E-state index contributed by atoms with van der Waals surface area (Å²) in [6.45, 7) is 5.83. The first-order chi connectivity index (χ1) is 13.2. The molecule has 0 fully saturated rings. The third-order valence-corrected chi connectivity index (χ3v) is 3.74. The summed E-state index contributed by atoms with van der Waals surface area (Å²) in [5.41, 5.74) is 7.13. The number of aryl methyl sites for hydroxylation is 1. The number of nitrogens with zero attached hydrogens (tertiary/aromatic N) is 1. The minimum atomic E-state index is -0.521. The highest BCUT2D eigenvalue weighted by molar-refractivity contribution is 7.59. The molecule has 29 heavy (non-hydrogen) atoms. The first kappa shape index (κ1) is 26.9. The van der Waals surface area contributed by atoms with Crippen LogP contribution in [0.2, 0.25) is 5.02 Å². The molecule has 160 valence electrons. The average molecular weight is 441 g/mol. The van der Waals surface area contributed by atoms with Crippen LogP contribution in [0.1, 0.15) is 48.8 Å². The number of benzene rings is 1. The van der Waals surface area contributed by atoms with Crippen molar-refractivity contribution in [1.82, 2.24) is 4.98 Å². The maximum absolute atomic E-state index is 11.7. The number of nitrogens with two attached hydrogens (primary N) is 1. The van der Waals surface area contributed by atoms with Gasteiger partial charge in [0.15, 0.2) is 0 Å². The predicted molar refractivity (Wildman–Crippen MR) is 119 cm³/mol. The quantitative estimate of drug-likeness (QED) is 0.705. The highest BCUT2D eigenvalue weighted by Gasteiger charge is 2.19. The molecule has 6 nitrogen and oxygen atoms in total. The molecule has 8 heteroatoms. The lowest BCUT2D eigenvalue weighted by atomic mass is 10.1. The van der Waals surface area contributed by atoms with Gasteiger partial charge >= 0.3 is 11.9 Å². The summed E-state index contributed by atoms with van der Waals surface area (Å²) in [6, 6.07) is 10.7. The fourth-order valence-electron chi connectivity index (χ4n) is 2.06. The Morgan fingerprint density at radius 2 is 1.86 bits per heavy atom. The lowest BCUT2D eigenvalue weighted by Crippen LogP contribution is -2.24. The first-order valence-corrected chi connectivity index (χ1v) is 9.22. The highest BCUT2D eigenvalue weighted by atomic mass is 35.5. The number of pyridine rings is 1. The summed E-state index contributed by atoms with van der Waals surface area (Å²) in [4.78, 5) is 26.6. The molecule has 0 aliphatic carbocycles. The topological polar surface area (TPSA) is 91.5 Å². The van der Waals surface area contributed by atoms with Gasteiger partial charge in [-0.25, -0.2) is 4.79 Å². The second-order valence-corrected chi connectivity index (χ2v) is 7.32. The number of carbonyl (C=O) groups excluding carboxylic acids is 2. The molecule has 0 atom stereocenters. The van der Waals surface area contributed by atoms with Crippen LogP contribution in [0.4, 0.5) is 0 Å². The van der Waals surface area contributed by atoms with Gasteiger partial charge in [0.25, 0.3) is 0 Å². The van der Waals surface area contributed by atoms with Crippen LogP contribution in [-0.4, -0.2) is 29.6 Å². The lowest BCUT2D eigenvalue weighted by Gasteiger charge is -2.19. The van der Waals surface area contributed by atoms with E-state index in [0.29, 0.717) is 30.0 Å². The van der Waals surface area contributed by atoms with Crippen molar-refractivity contribution in [3.63, 3.8) is 0 Å². The van der Waals surface area contributed by atoms with Crippen molar-refractivity contribution in [3.05, 3.63) is 64.4 Å². The molecular weight excluding hydrogens is 412 g/mol. The molecule has 0 aliphatic rings. The Morgan fingerprint density at radius 3 is 2.34 bits per heavy atom. The normalized spacial score (nSPS) is 10.1. The third-order valence-electron chi connectivity index (χ3n) is 3.43. The molecule has 0 amide bonds. The number of rotatable bonds is 5. The van der Waals surface area contributed by atoms with Crippen molar-refractivity contribution < 1.29 is 19.1 Å². The van der Waals surface area contributed by atoms with E-state index in [4.69, 9.17) is 22.1 Å². The second kappa shape index (κ2) is 13.2. The van der Waals surface area contributed by atoms with Gasteiger partial charge in [0, 0.05) is 24.9 Å². The summed E-state index contributed by atoms with van der Waals surface area (Å²) in [7, 11) is 1.39. The highest BCUT2D eigenvalue weighted by Crippen LogP contribution is 2.21. The molecule has 1 aromatic carbocycles. The smallest absolute Gasteiger partial charge is 0.340 e. The maximum atomic E-state index is 11.7. The fraction of sp³-hybridized carbons (Fsp3) is 0.381. The monoisotopic (exact) mass is 440 g/mol. The van der Waals surface area contributed by atoms with E-state index in [-0.39, 0.29) is 19.5 Å². The SMILES string of the molecule is CC(C)(C)OC(=O)c1ccc(CN)cc1Cl.COC(=O)CCc1ccccn1.S. The molecule has 2 rings (SSSR count). The van der Waals surface area contributed by atoms with Crippen LogP contribution in [0.25, 0.3) is 0 Å². The summed E-state index contributed by atoms with van der Waals surface area (Å²) in [5.74, 6) is -0.610. The van der Waals surface area contributed by atoms with Gasteiger partial charge in [-0.05, 0) is 50.6 Å². The largest absolute Gasteiger partial charge is 0.469 e. The van der Waals surface area contributed by atoms with Crippen LogP contribution in [0.3, 0.4) is 0 Å². The van der Waals surface area contributed by atoms with E-state index in [1.54, 1.807) is 24.4 Å². The molecule has 0 aliphatic heterocycles. The van der Waals surface area contributed by atoms with Crippen LogP contribution >= 0.6 is 25.1 Å². The molecule has 0 radical (unpaired) electrons. The summed E-state index contributed by atoms with van der Waals surface area (Å²) >= 11 is 5.98. The number of methoxy groups -OCH3 is 1. The van der Waals surface area contributed by atoms with Crippen LogP contribution in [0.5, 0.6) is 0 Å². The Bertz CT molecular complexity index is 780. The molecule has 0 saturated heterocycles. The summed E-state index contributed by atoms with van der Waals surface area (Å²) in [5, 5.41) is 0.372. The Balaban J connectivity index is 0.000000542. The van der Waals surface area contributed by atoms with E-state index in [1.165, 1.54) is 7.11 Å². The van der Waals surface area contributed by atoms with Crippen molar-refractivity contribution in [2.75, 3.05) is 7.11 Å². The van der Waals surface area contributed by atoms with Crippen LogP contribution in [0.15, 0.2) is 42.6 Å². The van der Waals surface area contributed by atoms with E-state index in [1.807, 2.05) is 39.0 Å². The Labute approximate surface area is 184 Å². The van der Waals surface area contributed by atoms with Crippen molar-refractivity contribution in [3.8, 4) is 0 Å². The van der Waals surface area contributed by atoms with Crippen LogP contribution in [-0.2, 0) is 27.2 Å². The number of esters is 2. The Hall–Kier alpha value is -2.09. The maximum Gasteiger partial charge on any atom is 0.340 e. The first-order valence-electron chi connectivity index (χ1n) is 8.85. The van der Waals surface area contributed by atoms with E-state index in [9.17, 15) is 9.59 Å². The van der Waals surface area contributed by atoms with Crippen LogP contribution in [0, 0.1) is 0 Å². The Kier molecular flexibility index (Phi) is 12.2. The zero-order valence-electron chi connectivity index (χ0n) is 17.2. The molecule has 0 bridgehead atoms. The molecule has 1 heterocycles. The Morgan fingerprint density at radius 1 is 1.17 bits per heavy atom.